The van der Waals surface area contributed by atoms with Gasteiger partial charge >= 0.3 is 5.97 Å². The maximum atomic E-state index is 13.4. The first-order chi connectivity index (χ1) is 17.8. The van der Waals surface area contributed by atoms with Crippen molar-refractivity contribution in [2.45, 2.75) is 26.7 Å². The summed E-state index contributed by atoms with van der Waals surface area (Å²) in [5.41, 5.74) is 3.07. The van der Waals surface area contributed by atoms with E-state index in [-0.39, 0.29) is 54.4 Å². The van der Waals surface area contributed by atoms with Crippen molar-refractivity contribution in [2.75, 3.05) is 16.3 Å². The predicted octanol–water partition coefficient (Wildman–Crippen LogP) is 3.82. The third-order valence-corrected chi connectivity index (χ3v) is 9.06. The fourth-order valence-corrected chi connectivity index (χ4v) is 7.25. The molecule has 2 aromatic carbocycles. The average molecular weight is 497 g/mol. The number of hydrogen-bond acceptors (Lipinski definition) is 5. The normalized spacial score (nSPS) is 33.1. The summed E-state index contributed by atoms with van der Waals surface area (Å²) in [4.78, 5) is 55.4. The standard InChI is InChI=1S/C30H28N2O5/c1-15-4-3-5-18(10-15)31-14-17(12-25(31)33)30(36)37-19-6-9-24(16(2)11-19)32-28(34)26-20-7-8-21(23-13-22(20)23)27(26)29(32)35/h3-11,17,20-23,26-27H,12-14H2,1-2H3/t17-,20+,21+,22-,23+,26-,27-/m1/s1. The van der Waals surface area contributed by atoms with Gasteiger partial charge in [0.15, 0.2) is 0 Å². The molecule has 0 unspecified atom stereocenters. The number of imide groups is 1. The van der Waals surface area contributed by atoms with Crippen LogP contribution in [0.4, 0.5) is 11.4 Å². The van der Waals surface area contributed by atoms with E-state index in [1.165, 1.54) is 4.90 Å². The highest BCUT2D eigenvalue weighted by Crippen LogP contribution is 2.65. The molecule has 4 fully saturated rings. The fraction of sp³-hybridized carbons (Fsp3) is 0.400. The molecule has 0 spiro atoms. The van der Waals surface area contributed by atoms with Gasteiger partial charge in [-0.3, -0.25) is 19.2 Å². The minimum atomic E-state index is -0.563. The molecule has 2 saturated heterocycles. The van der Waals surface area contributed by atoms with Gasteiger partial charge < -0.3 is 9.64 Å². The Morgan fingerprint density at radius 3 is 2.27 bits per heavy atom. The largest absolute Gasteiger partial charge is 0.426 e. The van der Waals surface area contributed by atoms with Crippen LogP contribution in [-0.2, 0) is 19.2 Å². The first-order valence-electron chi connectivity index (χ1n) is 13.1. The summed E-state index contributed by atoms with van der Waals surface area (Å²) in [6, 6.07) is 12.7. The molecule has 6 aliphatic rings. The van der Waals surface area contributed by atoms with Crippen molar-refractivity contribution in [3.05, 3.63) is 65.7 Å². The van der Waals surface area contributed by atoms with Crippen LogP contribution in [0.1, 0.15) is 24.0 Å². The molecule has 2 bridgehead atoms. The van der Waals surface area contributed by atoms with E-state index in [0.717, 1.165) is 17.7 Å². The summed E-state index contributed by atoms with van der Waals surface area (Å²) in [6.07, 6.45) is 5.56. The number of esters is 1. The van der Waals surface area contributed by atoms with Crippen LogP contribution in [0.3, 0.4) is 0 Å². The van der Waals surface area contributed by atoms with Gasteiger partial charge in [0.05, 0.1) is 23.4 Å². The highest BCUT2D eigenvalue weighted by molar-refractivity contribution is 6.23. The molecule has 7 atom stereocenters. The lowest BCUT2D eigenvalue weighted by Crippen LogP contribution is -2.40. The van der Waals surface area contributed by atoms with Crippen LogP contribution in [0.25, 0.3) is 0 Å². The summed E-state index contributed by atoms with van der Waals surface area (Å²) in [5, 5.41) is 0. The number of benzene rings is 2. The topological polar surface area (TPSA) is 84.0 Å². The van der Waals surface area contributed by atoms with Crippen LogP contribution >= 0.6 is 0 Å². The lowest BCUT2D eigenvalue weighted by atomic mass is 9.63. The molecular formula is C30H28N2O5. The van der Waals surface area contributed by atoms with E-state index in [1.54, 1.807) is 23.1 Å². The van der Waals surface area contributed by atoms with Gasteiger partial charge in [-0.25, -0.2) is 4.90 Å². The van der Waals surface area contributed by atoms with Gasteiger partial charge in [0.1, 0.15) is 5.75 Å². The summed E-state index contributed by atoms with van der Waals surface area (Å²) in [7, 11) is 0. The van der Waals surface area contributed by atoms with Gasteiger partial charge in [-0.2, -0.15) is 0 Å². The monoisotopic (exact) mass is 496 g/mol. The van der Waals surface area contributed by atoms with Crippen LogP contribution in [0.15, 0.2) is 54.6 Å². The number of amides is 3. The molecule has 0 N–H and O–H groups in total. The summed E-state index contributed by atoms with van der Waals surface area (Å²) >= 11 is 0. The van der Waals surface area contributed by atoms with Crippen molar-refractivity contribution in [3.63, 3.8) is 0 Å². The third-order valence-electron chi connectivity index (χ3n) is 9.06. The Kier molecular flexibility index (Phi) is 4.78. The summed E-state index contributed by atoms with van der Waals surface area (Å²) in [5.74, 6) is -0.0319. The van der Waals surface area contributed by atoms with Crippen LogP contribution in [0.2, 0.25) is 0 Å². The smallest absolute Gasteiger partial charge is 0.316 e. The maximum absolute atomic E-state index is 13.4. The molecule has 7 heteroatoms. The third kappa shape index (κ3) is 3.32. The average Bonchev–Trinajstić information content (AvgIpc) is 3.55. The van der Waals surface area contributed by atoms with Crippen molar-refractivity contribution < 1.29 is 23.9 Å². The van der Waals surface area contributed by atoms with Crippen molar-refractivity contribution in [1.29, 1.82) is 0 Å². The Hall–Kier alpha value is -3.74. The van der Waals surface area contributed by atoms with Gasteiger partial charge in [-0.05, 0) is 85.4 Å². The summed E-state index contributed by atoms with van der Waals surface area (Å²) < 4.78 is 5.65. The van der Waals surface area contributed by atoms with Crippen molar-refractivity contribution in [3.8, 4) is 5.75 Å². The number of nitrogens with zero attached hydrogens (tertiary/aromatic N) is 2. The number of carbonyl (C=O) groups excluding carboxylic acids is 4. The van der Waals surface area contributed by atoms with Crippen molar-refractivity contribution >= 4 is 35.1 Å². The Bertz CT molecular complexity index is 1380. The number of anilines is 2. The number of rotatable bonds is 4. The zero-order valence-electron chi connectivity index (χ0n) is 20.8. The van der Waals surface area contributed by atoms with Gasteiger partial charge in [-0.1, -0.05) is 24.3 Å². The maximum Gasteiger partial charge on any atom is 0.316 e. The zero-order valence-corrected chi connectivity index (χ0v) is 20.8. The Balaban J connectivity index is 1.07. The van der Waals surface area contributed by atoms with E-state index in [1.807, 2.05) is 38.1 Å². The first kappa shape index (κ1) is 22.5. The zero-order chi connectivity index (χ0) is 25.6. The molecule has 2 heterocycles. The number of aryl methyl sites for hydroxylation is 2. The SMILES string of the molecule is Cc1cccc(N2C[C@H](C(=O)Oc3ccc(N4C(=O)[C@@H]5[C@H]6C=C[C@@H]([C@@H]7C[C@H]67)[C@H]5C4=O)c(C)c3)CC2=O)c1. The minimum absolute atomic E-state index is 0.0990. The molecule has 0 radical (unpaired) electrons. The number of carbonyl (C=O) groups is 4. The predicted molar refractivity (Wildman–Crippen MR) is 136 cm³/mol. The van der Waals surface area contributed by atoms with Crippen LogP contribution in [-0.4, -0.2) is 30.2 Å². The Morgan fingerprint density at radius 1 is 0.919 bits per heavy atom. The molecule has 37 heavy (non-hydrogen) atoms. The molecule has 2 saturated carbocycles. The second-order valence-electron chi connectivity index (χ2n) is 11.3. The molecule has 8 rings (SSSR count). The van der Waals surface area contributed by atoms with Crippen LogP contribution in [0.5, 0.6) is 5.75 Å². The van der Waals surface area contributed by atoms with E-state index in [4.69, 9.17) is 4.74 Å². The number of allylic oxidation sites excluding steroid dienone is 2. The molecule has 2 aliphatic heterocycles. The van der Waals surface area contributed by atoms with Gasteiger partial charge in [0, 0.05) is 18.7 Å². The Morgan fingerprint density at radius 2 is 1.62 bits per heavy atom. The molecule has 4 aliphatic carbocycles. The van der Waals surface area contributed by atoms with E-state index in [2.05, 4.69) is 12.2 Å². The second-order valence-corrected chi connectivity index (χ2v) is 11.3. The lowest BCUT2D eigenvalue weighted by molar-refractivity contribution is -0.139. The van der Waals surface area contributed by atoms with Crippen molar-refractivity contribution in [2.24, 2.45) is 41.4 Å². The minimum Gasteiger partial charge on any atom is -0.426 e. The van der Waals surface area contributed by atoms with Crippen LogP contribution in [0, 0.1) is 55.3 Å². The van der Waals surface area contributed by atoms with E-state index in [0.29, 0.717) is 28.8 Å². The first-order valence-corrected chi connectivity index (χ1v) is 13.1. The van der Waals surface area contributed by atoms with Gasteiger partial charge in [0.25, 0.3) is 0 Å². The molecule has 188 valence electrons. The van der Waals surface area contributed by atoms with Crippen molar-refractivity contribution in [1.82, 2.24) is 0 Å². The second kappa shape index (κ2) is 7.88. The quantitative estimate of drug-likeness (QED) is 0.278. The Labute approximate surface area is 215 Å². The lowest BCUT2D eigenvalue weighted by Gasteiger charge is -2.37. The molecule has 3 amide bonds. The van der Waals surface area contributed by atoms with E-state index >= 15 is 0 Å². The molecule has 0 aromatic heterocycles. The number of hydrogen-bond donors (Lipinski definition) is 0. The van der Waals surface area contributed by atoms with Gasteiger partial charge in [-0.15, -0.1) is 0 Å². The van der Waals surface area contributed by atoms with E-state index < -0.39 is 11.9 Å². The summed E-state index contributed by atoms with van der Waals surface area (Å²) in [6.45, 7) is 4.05. The highest BCUT2D eigenvalue weighted by Gasteiger charge is 2.67. The van der Waals surface area contributed by atoms with E-state index in [9.17, 15) is 19.2 Å². The molecule has 2 aromatic rings. The van der Waals surface area contributed by atoms with Gasteiger partial charge in [0.2, 0.25) is 17.7 Å². The highest BCUT2D eigenvalue weighted by atomic mass is 16.5. The molecular weight excluding hydrogens is 468 g/mol. The molecule has 7 nitrogen and oxygen atoms in total. The van der Waals surface area contributed by atoms with Crippen LogP contribution < -0.4 is 14.5 Å². The fourth-order valence-electron chi connectivity index (χ4n) is 7.25. The number of ether oxygens (including phenoxy) is 1.